The van der Waals surface area contributed by atoms with Gasteiger partial charge in [0.2, 0.25) is 0 Å². The van der Waals surface area contributed by atoms with Gasteiger partial charge >= 0.3 is 0 Å². The van der Waals surface area contributed by atoms with Gasteiger partial charge in [-0.15, -0.1) is 0 Å². The molecule has 0 fully saturated rings. The smallest absolute Gasteiger partial charge is 0.187 e. The Morgan fingerprint density at radius 2 is 0.829 bits per heavy atom. The Bertz CT molecular complexity index is 3490. The van der Waals surface area contributed by atoms with E-state index in [0.717, 1.165) is 44.5 Å². The predicted octanol–water partition coefficient (Wildman–Crippen LogP) is 16.9. The van der Waals surface area contributed by atoms with Crippen molar-refractivity contribution in [3.8, 4) is 28.3 Å². The van der Waals surface area contributed by atoms with Crippen LogP contribution in [-0.2, 0) is 0 Å². The van der Waals surface area contributed by atoms with E-state index in [2.05, 4.69) is 50.2 Å². The molecule has 10 aromatic rings. The molecule has 0 saturated heterocycles. The van der Waals surface area contributed by atoms with Gasteiger partial charge in [0.15, 0.2) is 5.69 Å². The van der Waals surface area contributed by atoms with Crippen LogP contribution in [-0.4, -0.2) is 16.1 Å². The highest BCUT2D eigenvalue weighted by Gasteiger charge is 2.27. The lowest BCUT2D eigenvalue weighted by atomic mass is 9.91. The molecule has 10 aromatic carbocycles. The maximum absolute atomic E-state index is 16.7. The Kier molecular flexibility index (Phi) is 11.4. The first-order valence-corrected chi connectivity index (χ1v) is 30.0. The van der Waals surface area contributed by atoms with Crippen molar-refractivity contribution in [2.24, 2.45) is 0 Å². The van der Waals surface area contributed by atoms with Gasteiger partial charge in [-0.3, -0.25) is 0 Å². The van der Waals surface area contributed by atoms with E-state index in [1.165, 1.54) is 10.4 Å². The first kappa shape index (κ1) is 45.7. The lowest BCUT2D eigenvalue weighted by Crippen LogP contribution is -2.37. The first-order chi connectivity index (χ1) is 33.5. The first-order valence-electron chi connectivity index (χ1n) is 23.0. The van der Waals surface area contributed by atoms with E-state index in [0.29, 0.717) is 45.1 Å². The molecule has 0 atom stereocenters. The van der Waals surface area contributed by atoms with Crippen molar-refractivity contribution in [2.45, 2.75) is 39.3 Å². The summed E-state index contributed by atoms with van der Waals surface area (Å²) in [5.41, 5.74) is 5.07. The Labute approximate surface area is 407 Å². The van der Waals surface area contributed by atoms with Crippen LogP contribution in [0, 0.1) is 41.2 Å². The summed E-state index contributed by atoms with van der Waals surface area (Å²) in [7, 11) is -3.32. The van der Waals surface area contributed by atoms with Crippen LogP contribution in [0.1, 0.15) is 5.56 Å². The number of benzene rings is 10. The fourth-order valence-electron chi connectivity index (χ4n) is 9.50. The quantitative estimate of drug-likeness (QED) is 0.0593. The van der Waals surface area contributed by atoms with E-state index < -0.39 is 39.4 Å². The summed E-state index contributed by atoms with van der Waals surface area (Å²) in [4.78, 5) is 7.13. The SMILES string of the molecule is [C-]#[N+]c1ccc(N(c2cc(-c3ccc([Si](C)(C)C)cc3)c(F)cc2F)c2ccc3ccc4c(N(c5ccc(C#N)cc5)c5cc(-c6ccc([Si](C)(C)C)cc6)c(F)cc5F)ccc5ccc2c3c54)cc1. The second kappa shape index (κ2) is 17.5. The summed E-state index contributed by atoms with van der Waals surface area (Å²) >= 11 is 0. The third-order valence-corrected chi connectivity index (χ3v) is 17.4. The molecule has 0 aliphatic rings. The minimum atomic E-state index is -1.66. The Balaban J connectivity index is 1.20. The normalized spacial score (nSPS) is 11.8. The zero-order valence-corrected chi connectivity index (χ0v) is 41.5. The van der Waals surface area contributed by atoms with Gasteiger partial charge in [-0.05, 0) is 93.3 Å². The molecule has 70 heavy (non-hydrogen) atoms. The minimum Gasteiger partial charge on any atom is -0.307 e. The van der Waals surface area contributed by atoms with Crippen LogP contribution in [0.5, 0.6) is 0 Å². The van der Waals surface area contributed by atoms with Crippen molar-refractivity contribution in [3.05, 3.63) is 210 Å². The number of rotatable bonds is 10. The lowest BCUT2D eigenvalue weighted by molar-refractivity contribution is 0.586. The molecule has 0 radical (unpaired) electrons. The molecule has 0 bridgehead atoms. The van der Waals surface area contributed by atoms with E-state index in [1.54, 1.807) is 70.5 Å². The third kappa shape index (κ3) is 8.15. The standard InChI is InChI=1S/C60H46F4N4Si2/c1-66-42-18-22-44(23-19-42)68(58-33-50(52(62)35-54(58)64)39-12-26-46(27-13-39)70(5,6)7)56-31-17-41-14-28-47-55(30-16-40-15-29-48(56)60(41)59(40)47)67(43-20-8-37(36-65)9-21-43)57-32-49(51(61)34-53(57)63)38-10-24-45(25-11-38)69(2,3)4/h8-35H,2-7H3. The Morgan fingerprint density at radius 3 is 1.20 bits per heavy atom. The molecule has 10 rings (SSSR count). The van der Waals surface area contributed by atoms with Gasteiger partial charge in [0.05, 0.1) is 57.1 Å². The topological polar surface area (TPSA) is 34.6 Å². The molecule has 0 aromatic heterocycles. The number of nitrogens with zero attached hydrogens (tertiary/aromatic N) is 4. The maximum atomic E-state index is 16.7. The zero-order valence-electron chi connectivity index (χ0n) is 39.5. The van der Waals surface area contributed by atoms with E-state index in [9.17, 15) is 5.26 Å². The summed E-state index contributed by atoms with van der Waals surface area (Å²) in [6, 6.07) is 52.3. The lowest BCUT2D eigenvalue weighted by Gasteiger charge is -2.30. The van der Waals surface area contributed by atoms with Crippen LogP contribution >= 0.6 is 0 Å². The fourth-order valence-corrected chi connectivity index (χ4v) is 11.8. The molecular formula is C60H46F4N4Si2. The van der Waals surface area contributed by atoms with Gasteiger partial charge < -0.3 is 9.80 Å². The van der Waals surface area contributed by atoms with E-state index in [1.807, 2.05) is 97.1 Å². The maximum Gasteiger partial charge on any atom is 0.187 e. The summed E-state index contributed by atoms with van der Waals surface area (Å²) < 4.78 is 65.4. The summed E-state index contributed by atoms with van der Waals surface area (Å²) in [6.07, 6.45) is 0. The molecule has 0 heterocycles. The summed E-state index contributed by atoms with van der Waals surface area (Å²) in [5.74, 6) is -2.93. The number of anilines is 6. The van der Waals surface area contributed by atoms with Crippen LogP contribution < -0.4 is 20.2 Å². The molecule has 4 nitrogen and oxygen atoms in total. The van der Waals surface area contributed by atoms with Gasteiger partial charge in [-0.2, -0.15) is 5.26 Å². The van der Waals surface area contributed by atoms with Crippen LogP contribution in [0.4, 0.5) is 57.4 Å². The van der Waals surface area contributed by atoms with Gasteiger partial charge in [-0.1, -0.05) is 147 Å². The minimum absolute atomic E-state index is 0.109. The third-order valence-electron chi connectivity index (χ3n) is 13.3. The van der Waals surface area contributed by atoms with E-state index >= 15 is 17.6 Å². The molecule has 0 amide bonds. The highest BCUT2D eigenvalue weighted by Crippen LogP contribution is 2.49. The van der Waals surface area contributed by atoms with E-state index in [4.69, 9.17) is 6.57 Å². The van der Waals surface area contributed by atoms with Crippen molar-refractivity contribution in [3.63, 3.8) is 0 Å². The van der Waals surface area contributed by atoms with Gasteiger partial charge in [0.1, 0.15) is 23.3 Å². The Morgan fingerprint density at radius 1 is 0.443 bits per heavy atom. The molecule has 0 unspecified atom stereocenters. The number of hydrogen-bond donors (Lipinski definition) is 0. The highest BCUT2D eigenvalue weighted by atomic mass is 28.3. The average Bonchev–Trinajstić information content (AvgIpc) is 3.35. The molecule has 342 valence electrons. The van der Waals surface area contributed by atoms with Crippen LogP contribution in [0.3, 0.4) is 0 Å². The van der Waals surface area contributed by atoms with Gasteiger partial charge in [-0.25, -0.2) is 22.4 Å². The number of halogens is 4. The molecule has 0 aliphatic carbocycles. The molecule has 0 aliphatic heterocycles. The van der Waals surface area contributed by atoms with Gasteiger partial charge in [0, 0.05) is 45.4 Å². The second-order valence-corrected chi connectivity index (χ2v) is 29.9. The predicted molar refractivity (Wildman–Crippen MR) is 287 cm³/mol. The van der Waals surface area contributed by atoms with Crippen LogP contribution in [0.2, 0.25) is 39.3 Å². The summed E-state index contributed by atoms with van der Waals surface area (Å²) in [5, 5.41) is 17.2. The van der Waals surface area contributed by atoms with Crippen molar-refractivity contribution in [2.75, 3.05) is 9.80 Å². The molecule has 0 saturated carbocycles. The summed E-state index contributed by atoms with van der Waals surface area (Å²) in [6.45, 7) is 21.1. The zero-order chi connectivity index (χ0) is 49.2. The van der Waals surface area contributed by atoms with Crippen molar-refractivity contribution >= 4 is 98.7 Å². The van der Waals surface area contributed by atoms with Crippen LogP contribution in [0.25, 0.3) is 59.4 Å². The van der Waals surface area contributed by atoms with Crippen LogP contribution in [0.15, 0.2) is 170 Å². The Hall–Kier alpha value is -8.03. The molecule has 0 N–H and O–H groups in total. The number of hydrogen-bond acceptors (Lipinski definition) is 3. The number of nitriles is 1. The molecule has 10 heteroatoms. The van der Waals surface area contributed by atoms with E-state index in [-0.39, 0.29) is 22.5 Å². The highest BCUT2D eigenvalue weighted by molar-refractivity contribution is 6.89. The monoisotopic (exact) mass is 954 g/mol. The average molecular weight is 955 g/mol. The fraction of sp³-hybridized carbons (Fsp3) is 0.100. The van der Waals surface area contributed by atoms with Crippen molar-refractivity contribution < 1.29 is 17.6 Å². The second-order valence-electron chi connectivity index (χ2n) is 19.8. The molecular weight excluding hydrogens is 909 g/mol. The van der Waals surface area contributed by atoms with Crippen molar-refractivity contribution in [1.29, 1.82) is 5.26 Å². The largest absolute Gasteiger partial charge is 0.307 e. The van der Waals surface area contributed by atoms with Crippen molar-refractivity contribution in [1.82, 2.24) is 0 Å². The molecule has 0 spiro atoms. The van der Waals surface area contributed by atoms with Gasteiger partial charge in [0.25, 0.3) is 0 Å².